The number of nitrogens with zero attached hydrogens (tertiary/aromatic N) is 2. The number of halogens is 1. The molecule has 168 valence electrons. The summed E-state index contributed by atoms with van der Waals surface area (Å²) in [6.45, 7) is 10.7. The first-order valence-electron chi connectivity index (χ1n) is 10.1. The zero-order valence-corrected chi connectivity index (χ0v) is 19.5. The Morgan fingerprint density at radius 3 is 2.16 bits per heavy atom. The first kappa shape index (κ1) is 24.3. The Morgan fingerprint density at radius 2 is 1.68 bits per heavy atom. The summed E-state index contributed by atoms with van der Waals surface area (Å²) in [6, 6.07) is 5.07. The van der Waals surface area contributed by atoms with E-state index in [4.69, 9.17) is 4.74 Å². The third-order valence-corrected chi connectivity index (χ3v) is 5.57. The van der Waals surface area contributed by atoms with Gasteiger partial charge in [-0.1, -0.05) is 32.9 Å². The highest BCUT2D eigenvalue weighted by Gasteiger charge is 2.36. The van der Waals surface area contributed by atoms with Gasteiger partial charge in [-0.15, -0.1) is 0 Å². The van der Waals surface area contributed by atoms with Crippen molar-refractivity contribution >= 4 is 17.7 Å². The predicted octanol–water partition coefficient (Wildman–Crippen LogP) is 4.21. The highest BCUT2D eigenvalue weighted by Crippen LogP contribution is 2.27. The molecule has 1 atom stereocenters. The van der Waals surface area contributed by atoms with Gasteiger partial charge in [-0.3, -0.25) is 9.59 Å². The largest absolute Gasteiger partial charge is 0.464 e. The summed E-state index contributed by atoms with van der Waals surface area (Å²) < 4.78 is 19.8. The van der Waals surface area contributed by atoms with Crippen LogP contribution in [0.15, 0.2) is 24.3 Å². The first-order valence-corrected chi connectivity index (χ1v) is 10.1. The van der Waals surface area contributed by atoms with Crippen molar-refractivity contribution < 1.29 is 23.5 Å². The number of amides is 1. The second kappa shape index (κ2) is 9.04. The smallest absolute Gasteiger partial charge is 0.354 e. The number of hydrogen-bond acceptors (Lipinski definition) is 4. The van der Waals surface area contributed by atoms with Gasteiger partial charge >= 0.3 is 5.97 Å². The molecule has 2 rings (SSSR count). The molecule has 0 spiro atoms. The molecule has 0 N–H and O–H groups in total. The second-order valence-corrected chi connectivity index (χ2v) is 8.83. The Bertz CT molecular complexity index is 1000. The maximum absolute atomic E-state index is 13.6. The van der Waals surface area contributed by atoms with Crippen molar-refractivity contribution in [2.45, 2.75) is 54.1 Å². The number of methoxy groups -OCH3 is 1. The molecular formula is C24H31FN2O4. The van der Waals surface area contributed by atoms with E-state index in [1.807, 2.05) is 0 Å². The summed E-state index contributed by atoms with van der Waals surface area (Å²) >= 11 is 0. The van der Waals surface area contributed by atoms with Crippen LogP contribution in [-0.2, 0) is 23.1 Å². The van der Waals surface area contributed by atoms with E-state index in [2.05, 4.69) is 0 Å². The normalized spacial score (nSPS) is 12.4. The van der Waals surface area contributed by atoms with Gasteiger partial charge in [-0.25, -0.2) is 9.18 Å². The van der Waals surface area contributed by atoms with Gasteiger partial charge in [0.25, 0.3) is 0 Å². The molecular weight excluding hydrogens is 399 g/mol. The summed E-state index contributed by atoms with van der Waals surface area (Å²) in [5.41, 5.74) is 1.86. The van der Waals surface area contributed by atoms with Crippen molar-refractivity contribution in [1.82, 2.24) is 9.47 Å². The Morgan fingerprint density at radius 1 is 1.13 bits per heavy atom. The third kappa shape index (κ3) is 4.86. The second-order valence-electron chi connectivity index (χ2n) is 8.83. The fourth-order valence-electron chi connectivity index (χ4n) is 3.68. The van der Waals surface area contributed by atoms with Crippen LogP contribution in [0.4, 0.5) is 4.39 Å². The Balaban J connectivity index is 2.50. The molecule has 0 aliphatic carbocycles. The number of carbonyl (C=O) groups is 3. The maximum atomic E-state index is 13.6. The highest BCUT2D eigenvalue weighted by atomic mass is 19.1. The van der Waals surface area contributed by atoms with E-state index in [-0.39, 0.29) is 24.1 Å². The summed E-state index contributed by atoms with van der Waals surface area (Å²) in [4.78, 5) is 40.5. The van der Waals surface area contributed by atoms with Gasteiger partial charge in [-0.2, -0.15) is 0 Å². The minimum atomic E-state index is -0.790. The van der Waals surface area contributed by atoms with Crippen LogP contribution >= 0.6 is 0 Å². The SMILES string of the molecule is COC(=O)c1c(C)c(C(=O)[C@@H](C)N(Cc2ccc(F)cc2)C(=O)C(C)(C)C)c(C)n1C. The molecule has 0 aliphatic heterocycles. The number of benzene rings is 1. The lowest BCUT2D eigenvalue weighted by molar-refractivity contribution is -0.141. The van der Waals surface area contributed by atoms with Crippen LogP contribution in [-0.4, -0.2) is 40.3 Å². The third-order valence-electron chi connectivity index (χ3n) is 5.57. The van der Waals surface area contributed by atoms with E-state index in [0.29, 0.717) is 22.5 Å². The van der Waals surface area contributed by atoms with Crippen LogP contribution in [0.2, 0.25) is 0 Å². The zero-order chi connectivity index (χ0) is 23.7. The molecule has 0 saturated heterocycles. The number of ether oxygens (including phenoxy) is 1. The molecule has 0 unspecified atom stereocenters. The fourth-order valence-corrected chi connectivity index (χ4v) is 3.68. The molecule has 1 amide bonds. The van der Waals surface area contributed by atoms with Gasteiger partial charge < -0.3 is 14.2 Å². The van der Waals surface area contributed by atoms with Crippen LogP contribution in [0, 0.1) is 25.1 Å². The van der Waals surface area contributed by atoms with E-state index in [0.717, 1.165) is 5.56 Å². The van der Waals surface area contributed by atoms with E-state index in [1.54, 1.807) is 65.3 Å². The predicted molar refractivity (Wildman–Crippen MR) is 116 cm³/mol. The lowest BCUT2D eigenvalue weighted by Crippen LogP contribution is -2.47. The fraction of sp³-hybridized carbons (Fsp3) is 0.458. The zero-order valence-electron chi connectivity index (χ0n) is 19.5. The van der Waals surface area contributed by atoms with Crippen LogP contribution < -0.4 is 0 Å². The topological polar surface area (TPSA) is 68.6 Å². The van der Waals surface area contributed by atoms with Crippen molar-refractivity contribution in [2.75, 3.05) is 7.11 Å². The van der Waals surface area contributed by atoms with E-state index in [9.17, 15) is 18.8 Å². The molecule has 0 fully saturated rings. The quantitative estimate of drug-likeness (QED) is 0.508. The van der Waals surface area contributed by atoms with Crippen molar-refractivity contribution in [2.24, 2.45) is 12.5 Å². The molecule has 0 aliphatic rings. The highest BCUT2D eigenvalue weighted by molar-refractivity contribution is 6.06. The average Bonchev–Trinajstić information content (AvgIpc) is 2.93. The van der Waals surface area contributed by atoms with Crippen LogP contribution in [0.25, 0.3) is 0 Å². The van der Waals surface area contributed by atoms with Gasteiger partial charge in [-0.05, 0) is 44.0 Å². The molecule has 7 heteroatoms. The average molecular weight is 431 g/mol. The number of rotatable bonds is 6. The minimum absolute atomic E-state index is 0.165. The molecule has 1 aromatic heterocycles. The Labute approximate surface area is 183 Å². The van der Waals surface area contributed by atoms with Crippen molar-refractivity contribution in [1.29, 1.82) is 0 Å². The molecule has 0 radical (unpaired) electrons. The number of hydrogen-bond donors (Lipinski definition) is 0. The summed E-state index contributed by atoms with van der Waals surface area (Å²) in [5, 5.41) is 0. The van der Waals surface area contributed by atoms with E-state index < -0.39 is 17.4 Å². The standard InChI is InChI=1S/C24H31FN2O4/c1-14-19(15(2)26(7)20(14)22(29)31-8)21(28)16(3)27(23(30)24(4,5)6)13-17-9-11-18(25)12-10-17/h9-12,16H,13H2,1-8H3/t16-/m1/s1. The molecule has 31 heavy (non-hydrogen) atoms. The van der Waals surface area contributed by atoms with E-state index >= 15 is 0 Å². The van der Waals surface area contributed by atoms with Crippen molar-refractivity contribution in [3.63, 3.8) is 0 Å². The van der Waals surface area contributed by atoms with Crippen molar-refractivity contribution in [3.8, 4) is 0 Å². The number of aromatic nitrogens is 1. The Hall–Kier alpha value is -2.96. The number of esters is 1. The van der Waals surface area contributed by atoms with Gasteiger partial charge in [0, 0.05) is 30.3 Å². The number of Topliss-reactive ketones (excluding diaryl/α,β-unsaturated/α-hetero) is 1. The lowest BCUT2D eigenvalue weighted by atomic mass is 9.92. The summed E-state index contributed by atoms with van der Waals surface area (Å²) in [5.74, 6) is -1.35. The van der Waals surface area contributed by atoms with Crippen LogP contribution in [0.5, 0.6) is 0 Å². The lowest BCUT2D eigenvalue weighted by Gasteiger charge is -2.34. The van der Waals surface area contributed by atoms with Crippen LogP contribution in [0.1, 0.15) is 65.4 Å². The Kier molecular flexibility index (Phi) is 7.09. The molecule has 1 aromatic carbocycles. The molecule has 6 nitrogen and oxygen atoms in total. The van der Waals surface area contributed by atoms with Gasteiger partial charge in [0.15, 0.2) is 5.78 Å². The first-order chi connectivity index (χ1) is 14.3. The van der Waals surface area contributed by atoms with Crippen LogP contribution in [0.3, 0.4) is 0 Å². The van der Waals surface area contributed by atoms with Gasteiger partial charge in [0.1, 0.15) is 11.5 Å². The van der Waals surface area contributed by atoms with Gasteiger partial charge in [0.05, 0.1) is 13.2 Å². The van der Waals surface area contributed by atoms with E-state index in [1.165, 1.54) is 24.1 Å². The molecule has 2 aromatic rings. The molecule has 0 saturated carbocycles. The minimum Gasteiger partial charge on any atom is -0.464 e. The number of ketones is 1. The van der Waals surface area contributed by atoms with Gasteiger partial charge in [0.2, 0.25) is 5.91 Å². The summed E-state index contributed by atoms with van der Waals surface area (Å²) in [7, 11) is 2.99. The molecule has 1 heterocycles. The maximum Gasteiger partial charge on any atom is 0.354 e. The van der Waals surface area contributed by atoms with Crippen molar-refractivity contribution in [3.05, 3.63) is 58.2 Å². The number of carbonyl (C=O) groups excluding carboxylic acids is 3. The monoisotopic (exact) mass is 430 g/mol. The summed E-state index contributed by atoms with van der Waals surface area (Å²) in [6.07, 6.45) is 0. The molecule has 0 bridgehead atoms.